The van der Waals surface area contributed by atoms with E-state index in [9.17, 15) is 4.79 Å². The van der Waals surface area contributed by atoms with Gasteiger partial charge in [0.15, 0.2) is 17.3 Å². The lowest BCUT2D eigenvalue weighted by atomic mass is 10.3. The number of nitrogens with zero attached hydrogens (tertiary/aromatic N) is 4. The highest BCUT2D eigenvalue weighted by atomic mass is 16.5. The highest BCUT2D eigenvalue weighted by Gasteiger charge is 2.18. The van der Waals surface area contributed by atoms with E-state index in [2.05, 4.69) is 20.5 Å². The standard InChI is InChI=1S/C16H21N5O2/c1-13(22)15-16(17-7-8-20-9-11-23-12-10-20)21(19-18-15)14-5-3-2-4-6-14/h2-6,17H,7-12H2,1H3. The van der Waals surface area contributed by atoms with Crippen molar-refractivity contribution in [1.82, 2.24) is 19.9 Å². The maximum Gasteiger partial charge on any atom is 0.183 e. The largest absolute Gasteiger partial charge is 0.379 e. The summed E-state index contributed by atoms with van der Waals surface area (Å²) < 4.78 is 7.03. The normalized spacial score (nSPS) is 15.5. The molecule has 0 atom stereocenters. The zero-order valence-corrected chi connectivity index (χ0v) is 13.2. The van der Waals surface area contributed by atoms with E-state index in [0.717, 1.165) is 45.1 Å². The minimum absolute atomic E-state index is 0.0962. The summed E-state index contributed by atoms with van der Waals surface area (Å²) in [6.45, 7) is 6.56. The molecule has 0 spiro atoms. The molecule has 0 bridgehead atoms. The van der Waals surface area contributed by atoms with Crippen LogP contribution in [0.5, 0.6) is 0 Å². The van der Waals surface area contributed by atoms with Crippen molar-refractivity contribution in [2.75, 3.05) is 44.7 Å². The smallest absolute Gasteiger partial charge is 0.183 e. The number of benzene rings is 1. The number of ketones is 1. The highest BCUT2D eigenvalue weighted by Crippen LogP contribution is 2.18. The number of carbonyl (C=O) groups is 1. The Kier molecular flexibility index (Phi) is 4.99. The van der Waals surface area contributed by atoms with Crippen molar-refractivity contribution < 1.29 is 9.53 Å². The van der Waals surface area contributed by atoms with E-state index >= 15 is 0 Å². The molecule has 1 N–H and O–H groups in total. The van der Waals surface area contributed by atoms with Crippen LogP contribution in [0.3, 0.4) is 0 Å². The van der Waals surface area contributed by atoms with E-state index < -0.39 is 0 Å². The number of hydrogen-bond donors (Lipinski definition) is 1. The topological polar surface area (TPSA) is 72.3 Å². The molecule has 0 radical (unpaired) electrons. The maximum absolute atomic E-state index is 11.8. The minimum Gasteiger partial charge on any atom is -0.379 e. The second-order valence-corrected chi connectivity index (χ2v) is 5.47. The van der Waals surface area contributed by atoms with Crippen LogP contribution in [0.15, 0.2) is 30.3 Å². The summed E-state index contributed by atoms with van der Waals surface area (Å²) in [7, 11) is 0. The molecule has 1 fully saturated rings. The Bertz CT molecular complexity index is 650. The second-order valence-electron chi connectivity index (χ2n) is 5.47. The van der Waals surface area contributed by atoms with Crippen molar-refractivity contribution in [2.24, 2.45) is 0 Å². The molecule has 1 aliphatic heterocycles. The molecule has 23 heavy (non-hydrogen) atoms. The number of ether oxygens (including phenoxy) is 1. The Morgan fingerprint density at radius 3 is 2.70 bits per heavy atom. The van der Waals surface area contributed by atoms with Crippen LogP contribution in [-0.4, -0.2) is 65.1 Å². The molecule has 7 heteroatoms. The first kappa shape index (κ1) is 15.6. The van der Waals surface area contributed by atoms with Gasteiger partial charge in [-0.15, -0.1) is 5.10 Å². The van der Waals surface area contributed by atoms with Crippen molar-refractivity contribution in [3.63, 3.8) is 0 Å². The molecule has 3 rings (SSSR count). The van der Waals surface area contributed by atoms with E-state index in [0.29, 0.717) is 11.5 Å². The van der Waals surface area contributed by atoms with E-state index in [-0.39, 0.29) is 5.78 Å². The number of carbonyl (C=O) groups excluding carboxylic acids is 1. The van der Waals surface area contributed by atoms with E-state index in [1.807, 2.05) is 30.3 Å². The molecule has 1 aliphatic rings. The van der Waals surface area contributed by atoms with Crippen LogP contribution in [0.2, 0.25) is 0 Å². The lowest BCUT2D eigenvalue weighted by Gasteiger charge is -2.26. The molecule has 7 nitrogen and oxygen atoms in total. The van der Waals surface area contributed by atoms with Gasteiger partial charge in [-0.2, -0.15) is 4.68 Å². The first-order chi connectivity index (χ1) is 11.3. The fourth-order valence-corrected chi connectivity index (χ4v) is 2.58. The van der Waals surface area contributed by atoms with Gasteiger partial charge in [-0.3, -0.25) is 9.69 Å². The summed E-state index contributed by atoms with van der Waals surface area (Å²) in [4.78, 5) is 14.1. The van der Waals surface area contributed by atoms with Gasteiger partial charge in [0.2, 0.25) is 0 Å². The van der Waals surface area contributed by atoms with Gasteiger partial charge in [0, 0.05) is 33.1 Å². The average Bonchev–Trinajstić information content (AvgIpc) is 3.01. The summed E-state index contributed by atoms with van der Waals surface area (Å²) in [6, 6.07) is 9.68. The van der Waals surface area contributed by atoms with Crippen molar-refractivity contribution in [2.45, 2.75) is 6.92 Å². The van der Waals surface area contributed by atoms with Crippen LogP contribution in [-0.2, 0) is 4.74 Å². The Balaban J connectivity index is 1.73. The average molecular weight is 315 g/mol. The monoisotopic (exact) mass is 315 g/mol. The van der Waals surface area contributed by atoms with Gasteiger partial charge in [0.05, 0.1) is 18.9 Å². The van der Waals surface area contributed by atoms with Crippen molar-refractivity contribution >= 4 is 11.6 Å². The third-order valence-corrected chi connectivity index (χ3v) is 3.83. The lowest BCUT2D eigenvalue weighted by molar-refractivity contribution is 0.0398. The van der Waals surface area contributed by atoms with Gasteiger partial charge >= 0.3 is 0 Å². The molecule has 122 valence electrons. The van der Waals surface area contributed by atoms with Crippen LogP contribution >= 0.6 is 0 Å². The molecule has 1 saturated heterocycles. The third kappa shape index (κ3) is 3.75. The van der Waals surface area contributed by atoms with Crippen molar-refractivity contribution in [3.8, 4) is 5.69 Å². The Hall–Kier alpha value is -2.25. The highest BCUT2D eigenvalue weighted by molar-refractivity contribution is 5.96. The number of anilines is 1. The molecule has 2 heterocycles. The SMILES string of the molecule is CC(=O)c1nnn(-c2ccccc2)c1NCCN1CCOCC1. The summed E-state index contributed by atoms with van der Waals surface area (Å²) in [5.74, 6) is 0.554. The van der Waals surface area contributed by atoms with Crippen LogP contribution in [0.4, 0.5) is 5.82 Å². The Morgan fingerprint density at radius 2 is 2.00 bits per heavy atom. The summed E-state index contributed by atoms with van der Waals surface area (Å²) in [5.41, 5.74) is 1.25. The van der Waals surface area contributed by atoms with E-state index in [1.165, 1.54) is 6.92 Å². The zero-order chi connectivity index (χ0) is 16.1. The van der Waals surface area contributed by atoms with Crippen LogP contribution in [0, 0.1) is 0 Å². The maximum atomic E-state index is 11.8. The molecule has 0 unspecified atom stereocenters. The lowest BCUT2D eigenvalue weighted by Crippen LogP contribution is -2.39. The van der Waals surface area contributed by atoms with E-state index in [1.54, 1.807) is 4.68 Å². The minimum atomic E-state index is -0.0962. The molecule has 0 aliphatic carbocycles. The number of para-hydroxylation sites is 1. The molecule has 0 amide bonds. The first-order valence-corrected chi connectivity index (χ1v) is 7.82. The molecule has 1 aromatic heterocycles. The third-order valence-electron chi connectivity index (χ3n) is 3.83. The molecule has 1 aromatic carbocycles. The molecule has 2 aromatic rings. The predicted octanol–water partition coefficient (Wildman–Crippen LogP) is 1.21. The Labute approximate surface area is 135 Å². The van der Waals surface area contributed by atoms with Crippen molar-refractivity contribution in [3.05, 3.63) is 36.0 Å². The molecular weight excluding hydrogens is 294 g/mol. The van der Waals surface area contributed by atoms with Gasteiger partial charge in [-0.1, -0.05) is 23.4 Å². The second kappa shape index (κ2) is 7.34. The first-order valence-electron chi connectivity index (χ1n) is 7.82. The molecule has 0 saturated carbocycles. The van der Waals surface area contributed by atoms with Gasteiger partial charge < -0.3 is 10.1 Å². The molecular formula is C16H21N5O2. The van der Waals surface area contributed by atoms with Gasteiger partial charge in [0.25, 0.3) is 0 Å². The summed E-state index contributed by atoms with van der Waals surface area (Å²) >= 11 is 0. The van der Waals surface area contributed by atoms with Crippen LogP contribution in [0.25, 0.3) is 5.69 Å². The summed E-state index contributed by atoms with van der Waals surface area (Å²) in [5, 5.41) is 11.5. The number of hydrogen-bond acceptors (Lipinski definition) is 6. The van der Waals surface area contributed by atoms with Gasteiger partial charge in [-0.05, 0) is 12.1 Å². The quantitative estimate of drug-likeness (QED) is 0.808. The predicted molar refractivity (Wildman–Crippen MR) is 87.1 cm³/mol. The number of nitrogens with one attached hydrogen (secondary N) is 1. The van der Waals surface area contributed by atoms with Crippen LogP contribution in [0.1, 0.15) is 17.4 Å². The van der Waals surface area contributed by atoms with Gasteiger partial charge in [0.1, 0.15) is 0 Å². The fourth-order valence-electron chi connectivity index (χ4n) is 2.58. The Morgan fingerprint density at radius 1 is 1.26 bits per heavy atom. The zero-order valence-electron chi connectivity index (χ0n) is 13.2. The number of aromatic nitrogens is 3. The van der Waals surface area contributed by atoms with Gasteiger partial charge in [-0.25, -0.2) is 0 Å². The summed E-state index contributed by atoms with van der Waals surface area (Å²) in [6.07, 6.45) is 0. The number of morpholine rings is 1. The van der Waals surface area contributed by atoms with Crippen molar-refractivity contribution in [1.29, 1.82) is 0 Å². The van der Waals surface area contributed by atoms with Crippen LogP contribution < -0.4 is 5.32 Å². The van der Waals surface area contributed by atoms with E-state index in [4.69, 9.17) is 4.74 Å². The fraction of sp³-hybridized carbons (Fsp3) is 0.438. The number of rotatable bonds is 6. The number of Topliss-reactive ketones (excluding diaryl/α,β-unsaturated/α-hetero) is 1.